The first-order chi connectivity index (χ1) is 7.74. The van der Waals surface area contributed by atoms with Gasteiger partial charge in [0, 0.05) is 17.5 Å². The minimum atomic E-state index is 0.449. The van der Waals surface area contributed by atoms with Crippen molar-refractivity contribution in [3.63, 3.8) is 0 Å². The molecule has 1 aromatic heterocycles. The van der Waals surface area contributed by atoms with E-state index in [0.29, 0.717) is 11.6 Å². The lowest BCUT2D eigenvalue weighted by Gasteiger charge is -2.03. The van der Waals surface area contributed by atoms with Gasteiger partial charge >= 0.3 is 0 Å². The van der Waals surface area contributed by atoms with Gasteiger partial charge in [0.1, 0.15) is 10.8 Å². The number of nitrogens with two attached hydrogens (primary N) is 1. The van der Waals surface area contributed by atoms with Crippen molar-refractivity contribution >= 4 is 22.9 Å². The normalized spacial score (nSPS) is 10.4. The van der Waals surface area contributed by atoms with Crippen LogP contribution in [0.2, 0.25) is 5.02 Å². The number of aromatic nitrogens is 1. The summed E-state index contributed by atoms with van der Waals surface area (Å²) in [4.78, 5) is 4.38. The number of methoxy groups -OCH3 is 1. The molecule has 0 fully saturated rings. The monoisotopic (exact) mass is 254 g/mol. The fourth-order valence-electron chi connectivity index (χ4n) is 1.32. The Hall–Kier alpha value is -1.10. The van der Waals surface area contributed by atoms with E-state index in [9.17, 15) is 0 Å². The van der Waals surface area contributed by atoms with E-state index in [1.165, 1.54) is 11.3 Å². The Bertz CT molecular complexity index is 498. The van der Waals surface area contributed by atoms with Crippen LogP contribution in [-0.4, -0.2) is 12.1 Å². The lowest BCUT2D eigenvalue weighted by Crippen LogP contribution is -1.95. The van der Waals surface area contributed by atoms with Crippen molar-refractivity contribution in [2.24, 2.45) is 5.73 Å². The van der Waals surface area contributed by atoms with Gasteiger partial charge in [0.15, 0.2) is 0 Å². The molecule has 0 bridgehead atoms. The van der Waals surface area contributed by atoms with Crippen LogP contribution in [0.4, 0.5) is 0 Å². The summed E-state index contributed by atoms with van der Waals surface area (Å²) in [5.74, 6) is 0.740. The summed E-state index contributed by atoms with van der Waals surface area (Å²) in [6, 6.07) is 5.55. The van der Waals surface area contributed by atoms with Crippen LogP contribution in [0, 0.1) is 0 Å². The molecule has 0 spiro atoms. The largest absolute Gasteiger partial charge is 0.497 e. The summed E-state index contributed by atoms with van der Waals surface area (Å²) < 4.78 is 5.09. The number of halogens is 1. The summed E-state index contributed by atoms with van der Waals surface area (Å²) in [5.41, 5.74) is 7.31. The van der Waals surface area contributed by atoms with Crippen molar-refractivity contribution in [2.45, 2.75) is 6.54 Å². The average Bonchev–Trinajstić information content (AvgIpc) is 2.77. The van der Waals surface area contributed by atoms with E-state index in [2.05, 4.69) is 4.98 Å². The van der Waals surface area contributed by atoms with Gasteiger partial charge in [-0.15, -0.1) is 11.3 Å². The van der Waals surface area contributed by atoms with Gasteiger partial charge in [-0.1, -0.05) is 11.6 Å². The summed E-state index contributed by atoms with van der Waals surface area (Å²) in [7, 11) is 1.61. The molecule has 0 saturated carbocycles. The second kappa shape index (κ2) is 4.82. The molecule has 1 aromatic carbocycles. The number of thiazole rings is 1. The highest BCUT2D eigenvalue weighted by molar-refractivity contribution is 7.13. The molecular formula is C11H11ClN2OS. The lowest BCUT2D eigenvalue weighted by atomic mass is 10.2. The summed E-state index contributed by atoms with van der Waals surface area (Å²) in [6.07, 6.45) is 0. The quantitative estimate of drug-likeness (QED) is 0.916. The standard InChI is InChI=1S/C11H11ClN2OS/c1-15-8-2-3-9(10(12)4-8)11-14-7(5-13)6-16-11/h2-4,6H,5,13H2,1H3. The van der Waals surface area contributed by atoms with E-state index < -0.39 is 0 Å². The summed E-state index contributed by atoms with van der Waals surface area (Å²) >= 11 is 7.69. The smallest absolute Gasteiger partial charge is 0.125 e. The molecule has 0 aliphatic heterocycles. The van der Waals surface area contributed by atoms with Crippen LogP contribution < -0.4 is 10.5 Å². The Kier molecular flexibility index (Phi) is 3.43. The highest BCUT2D eigenvalue weighted by Gasteiger charge is 2.08. The van der Waals surface area contributed by atoms with Gasteiger partial charge in [-0.2, -0.15) is 0 Å². The van der Waals surface area contributed by atoms with E-state index in [1.807, 2.05) is 17.5 Å². The maximum absolute atomic E-state index is 6.15. The van der Waals surface area contributed by atoms with E-state index in [4.69, 9.17) is 22.1 Å². The first-order valence-corrected chi connectivity index (χ1v) is 5.98. The molecular weight excluding hydrogens is 244 g/mol. The fraction of sp³-hybridized carbons (Fsp3) is 0.182. The van der Waals surface area contributed by atoms with Gasteiger partial charge in [-0.25, -0.2) is 4.98 Å². The number of hydrogen-bond donors (Lipinski definition) is 1. The van der Waals surface area contributed by atoms with Crippen LogP contribution in [0.3, 0.4) is 0 Å². The van der Waals surface area contributed by atoms with E-state index >= 15 is 0 Å². The minimum Gasteiger partial charge on any atom is -0.497 e. The van der Waals surface area contributed by atoms with E-state index in [-0.39, 0.29) is 0 Å². The van der Waals surface area contributed by atoms with Crippen molar-refractivity contribution in [1.82, 2.24) is 4.98 Å². The topological polar surface area (TPSA) is 48.1 Å². The molecule has 2 N–H and O–H groups in total. The number of benzene rings is 1. The van der Waals surface area contributed by atoms with Gasteiger partial charge in [-0.05, 0) is 18.2 Å². The van der Waals surface area contributed by atoms with Gasteiger partial charge < -0.3 is 10.5 Å². The highest BCUT2D eigenvalue weighted by atomic mass is 35.5. The maximum Gasteiger partial charge on any atom is 0.125 e. The molecule has 2 rings (SSSR count). The Labute approximate surface area is 103 Å². The SMILES string of the molecule is COc1ccc(-c2nc(CN)cs2)c(Cl)c1. The van der Waals surface area contributed by atoms with Gasteiger partial charge in [0.2, 0.25) is 0 Å². The predicted octanol–water partition coefficient (Wildman–Crippen LogP) is 2.93. The Balaban J connectivity index is 2.40. The van der Waals surface area contributed by atoms with Crippen LogP contribution in [0.15, 0.2) is 23.6 Å². The average molecular weight is 255 g/mol. The highest BCUT2D eigenvalue weighted by Crippen LogP contribution is 2.32. The molecule has 5 heteroatoms. The molecule has 2 aromatic rings. The predicted molar refractivity (Wildman–Crippen MR) is 67.0 cm³/mol. The fourth-order valence-corrected chi connectivity index (χ4v) is 2.51. The molecule has 3 nitrogen and oxygen atoms in total. The summed E-state index contributed by atoms with van der Waals surface area (Å²) in [6.45, 7) is 0.449. The van der Waals surface area contributed by atoms with Crippen LogP contribution in [0.5, 0.6) is 5.75 Å². The molecule has 16 heavy (non-hydrogen) atoms. The number of hydrogen-bond acceptors (Lipinski definition) is 4. The molecule has 0 aliphatic rings. The lowest BCUT2D eigenvalue weighted by molar-refractivity contribution is 0.415. The van der Waals surface area contributed by atoms with Crippen LogP contribution in [0.25, 0.3) is 10.6 Å². The second-order valence-electron chi connectivity index (χ2n) is 3.19. The Morgan fingerprint density at radius 1 is 1.50 bits per heavy atom. The van der Waals surface area contributed by atoms with Gasteiger partial charge in [0.05, 0.1) is 17.8 Å². The van der Waals surface area contributed by atoms with Crippen LogP contribution in [0.1, 0.15) is 5.69 Å². The number of rotatable bonds is 3. The van der Waals surface area contributed by atoms with Crippen molar-refractivity contribution < 1.29 is 4.74 Å². The number of nitrogens with zero attached hydrogens (tertiary/aromatic N) is 1. The molecule has 84 valence electrons. The second-order valence-corrected chi connectivity index (χ2v) is 4.46. The zero-order chi connectivity index (χ0) is 11.5. The molecule has 1 heterocycles. The first-order valence-electron chi connectivity index (χ1n) is 4.73. The summed E-state index contributed by atoms with van der Waals surface area (Å²) in [5, 5.41) is 3.46. The van der Waals surface area contributed by atoms with Crippen LogP contribution in [-0.2, 0) is 6.54 Å². The third-order valence-corrected chi connectivity index (χ3v) is 3.40. The Morgan fingerprint density at radius 3 is 2.88 bits per heavy atom. The Morgan fingerprint density at radius 2 is 2.31 bits per heavy atom. The minimum absolute atomic E-state index is 0.449. The zero-order valence-corrected chi connectivity index (χ0v) is 10.3. The van der Waals surface area contributed by atoms with Gasteiger partial charge in [0.25, 0.3) is 0 Å². The molecule has 0 saturated heterocycles. The zero-order valence-electron chi connectivity index (χ0n) is 8.74. The molecule has 0 aliphatic carbocycles. The van der Waals surface area contributed by atoms with Crippen molar-refractivity contribution in [2.75, 3.05) is 7.11 Å². The van der Waals surface area contributed by atoms with Crippen molar-refractivity contribution in [3.8, 4) is 16.3 Å². The van der Waals surface area contributed by atoms with Crippen molar-refractivity contribution in [1.29, 1.82) is 0 Å². The third-order valence-electron chi connectivity index (χ3n) is 2.17. The third kappa shape index (κ3) is 2.19. The van der Waals surface area contributed by atoms with Crippen molar-refractivity contribution in [3.05, 3.63) is 34.3 Å². The van der Waals surface area contributed by atoms with E-state index in [1.54, 1.807) is 13.2 Å². The number of ether oxygens (including phenoxy) is 1. The van der Waals surface area contributed by atoms with Gasteiger partial charge in [-0.3, -0.25) is 0 Å². The molecule has 0 radical (unpaired) electrons. The molecule has 0 amide bonds. The maximum atomic E-state index is 6.15. The van der Waals surface area contributed by atoms with E-state index in [0.717, 1.165) is 22.0 Å². The molecule has 0 atom stereocenters. The molecule has 0 unspecified atom stereocenters. The first kappa shape index (κ1) is 11.4. The van der Waals surface area contributed by atoms with Crippen LogP contribution >= 0.6 is 22.9 Å².